The average Bonchev–Trinajstić information content (AvgIpc) is 2.37. The lowest BCUT2D eigenvalue weighted by Gasteiger charge is -2.21. The molecule has 2 N–H and O–H groups in total. The molecule has 110 valence electrons. The van der Waals surface area contributed by atoms with Crippen molar-refractivity contribution >= 4 is 23.2 Å². The van der Waals surface area contributed by atoms with Gasteiger partial charge in [-0.2, -0.15) is 0 Å². The van der Waals surface area contributed by atoms with Crippen molar-refractivity contribution in [3.8, 4) is 0 Å². The Kier molecular flexibility index (Phi) is 5.91. The number of nitrogens with one attached hydrogen (secondary N) is 1. The van der Waals surface area contributed by atoms with Crippen molar-refractivity contribution in [1.82, 2.24) is 5.32 Å². The summed E-state index contributed by atoms with van der Waals surface area (Å²) in [6.07, 6.45) is 0.394. The molecule has 1 rings (SSSR count). The topological polar surface area (TPSA) is 92.5 Å². The van der Waals surface area contributed by atoms with Crippen LogP contribution in [0.1, 0.15) is 30.6 Å². The predicted molar refractivity (Wildman–Crippen MR) is 75.9 cm³/mol. The number of hydrogen-bond donors (Lipinski definition) is 2. The molecule has 0 fully saturated rings. The van der Waals surface area contributed by atoms with Gasteiger partial charge in [-0.3, -0.25) is 14.9 Å². The number of nitrogens with zero attached hydrogens (tertiary/aromatic N) is 1. The maximum Gasteiger partial charge on any atom is 0.283 e. The second-order valence-electron chi connectivity index (χ2n) is 4.75. The van der Waals surface area contributed by atoms with Gasteiger partial charge in [-0.25, -0.2) is 0 Å². The second kappa shape index (κ2) is 7.21. The van der Waals surface area contributed by atoms with Gasteiger partial charge in [0.15, 0.2) is 0 Å². The van der Waals surface area contributed by atoms with E-state index in [4.69, 9.17) is 16.7 Å². The van der Waals surface area contributed by atoms with Gasteiger partial charge in [-0.1, -0.05) is 25.4 Å². The molecule has 0 aliphatic carbocycles. The summed E-state index contributed by atoms with van der Waals surface area (Å²) in [6.45, 7) is 3.74. The van der Waals surface area contributed by atoms with E-state index in [1.807, 2.05) is 13.8 Å². The summed E-state index contributed by atoms with van der Waals surface area (Å²) in [5.41, 5.74) is -0.371. The molecule has 20 heavy (non-hydrogen) atoms. The SMILES string of the molecule is CC(C)C(CCO)NC(=O)c1ccc(Cl)cc1[N+](=O)[O-]. The van der Waals surface area contributed by atoms with Crippen molar-refractivity contribution in [1.29, 1.82) is 0 Å². The Bertz CT molecular complexity index is 505. The fourth-order valence-electron chi connectivity index (χ4n) is 1.81. The summed E-state index contributed by atoms with van der Waals surface area (Å²) in [5.74, 6) is -0.432. The number of amides is 1. The molecule has 1 amide bonds. The van der Waals surface area contributed by atoms with Crippen LogP contribution in [0.15, 0.2) is 18.2 Å². The highest BCUT2D eigenvalue weighted by atomic mass is 35.5. The molecule has 0 spiro atoms. The van der Waals surface area contributed by atoms with Crippen molar-refractivity contribution < 1.29 is 14.8 Å². The minimum atomic E-state index is -0.642. The standard InChI is InChI=1S/C13H17ClN2O4/c1-8(2)11(5-6-17)15-13(18)10-4-3-9(14)7-12(10)16(19)20/h3-4,7-8,11,17H,5-6H2,1-2H3,(H,15,18). The fraction of sp³-hybridized carbons (Fsp3) is 0.462. The first-order chi connectivity index (χ1) is 9.36. The zero-order chi connectivity index (χ0) is 15.3. The van der Waals surface area contributed by atoms with Crippen LogP contribution in [0.25, 0.3) is 0 Å². The van der Waals surface area contributed by atoms with Crippen LogP contribution >= 0.6 is 11.6 Å². The second-order valence-corrected chi connectivity index (χ2v) is 5.19. The van der Waals surface area contributed by atoms with E-state index in [1.165, 1.54) is 12.1 Å². The summed E-state index contributed by atoms with van der Waals surface area (Å²) < 4.78 is 0. The van der Waals surface area contributed by atoms with Crippen molar-refractivity contribution in [3.05, 3.63) is 38.9 Å². The predicted octanol–water partition coefficient (Wildman–Crippen LogP) is 2.39. The zero-order valence-corrected chi connectivity index (χ0v) is 12.1. The highest BCUT2D eigenvalue weighted by Gasteiger charge is 2.23. The van der Waals surface area contributed by atoms with Gasteiger partial charge in [-0.15, -0.1) is 0 Å². The number of aliphatic hydroxyl groups is 1. The Hall–Kier alpha value is -1.66. The number of carbonyl (C=O) groups is 1. The van der Waals surface area contributed by atoms with Crippen LogP contribution in [0.4, 0.5) is 5.69 Å². The molecule has 0 aromatic heterocycles. The molecule has 7 heteroatoms. The number of nitro groups is 1. The van der Waals surface area contributed by atoms with Gasteiger partial charge in [0.25, 0.3) is 11.6 Å². The summed E-state index contributed by atoms with van der Waals surface area (Å²) >= 11 is 5.70. The van der Waals surface area contributed by atoms with Crippen molar-refractivity contribution in [3.63, 3.8) is 0 Å². The summed E-state index contributed by atoms with van der Waals surface area (Å²) in [7, 11) is 0. The number of halogens is 1. The van der Waals surface area contributed by atoms with Crippen LogP contribution in [-0.2, 0) is 0 Å². The van der Waals surface area contributed by atoms with E-state index in [0.29, 0.717) is 6.42 Å². The van der Waals surface area contributed by atoms with Crippen LogP contribution in [0.2, 0.25) is 5.02 Å². The zero-order valence-electron chi connectivity index (χ0n) is 11.3. The molecule has 1 unspecified atom stereocenters. The lowest BCUT2D eigenvalue weighted by atomic mass is 10.0. The third kappa shape index (κ3) is 4.18. The van der Waals surface area contributed by atoms with Crippen molar-refractivity contribution in [2.45, 2.75) is 26.3 Å². The molecule has 0 aliphatic rings. The van der Waals surface area contributed by atoms with Crippen LogP contribution in [0.5, 0.6) is 0 Å². The van der Waals surface area contributed by atoms with E-state index in [0.717, 1.165) is 6.07 Å². The maximum atomic E-state index is 12.1. The van der Waals surface area contributed by atoms with Gasteiger partial charge >= 0.3 is 0 Å². The average molecular weight is 301 g/mol. The number of nitro benzene ring substituents is 1. The molecule has 1 atom stereocenters. The third-order valence-corrected chi connectivity index (χ3v) is 3.20. The summed E-state index contributed by atoms with van der Waals surface area (Å²) in [4.78, 5) is 22.4. The van der Waals surface area contributed by atoms with Gasteiger partial charge in [0.2, 0.25) is 0 Å². The van der Waals surface area contributed by atoms with Gasteiger partial charge < -0.3 is 10.4 Å². The van der Waals surface area contributed by atoms with Gasteiger partial charge in [-0.05, 0) is 24.5 Å². The molecule has 0 bridgehead atoms. The van der Waals surface area contributed by atoms with Gasteiger partial charge in [0, 0.05) is 23.7 Å². The fourth-order valence-corrected chi connectivity index (χ4v) is 1.97. The van der Waals surface area contributed by atoms with Crippen molar-refractivity contribution in [2.75, 3.05) is 6.61 Å². The minimum Gasteiger partial charge on any atom is -0.396 e. The largest absolute Gasteiger partial charge is 0.396 e. The molecule has 0 radical (unpaired) electrons. The first-order valence-electron chi connectivity index (χ1n) is 6.22. The number of rotatable bonds is 6. The number of carbonyl (C=O) groups excluding carboxylic acids is 1. The Morgan fingerprint density at radius 2 is 2.15 bits per heavy atom. The maximum absolute atomic E-state index is 12.1. The molecule has 0 saturated heterocycles. The van der Waals surface area contributed by atoms with E-state index in [1.54, 1.807) is 0 Å². The monoisotopic (exact) mass is 300 g/mol. The molecule has 0 aliphatic heterocycles. The highest BCUT2D eigenvalue weighted by molar-refractivity contribution is 6.31. The van der Waals surface area contributed by atoms with Gasteiger partial charge in [0.05, 0.1) is 4.92 Å². The van der Waals surface area contributed by atoms with Crippen LogP contribution in [-0.4, -0.2) is 28.6 Å². The Morgan fingerprint density at radius 3 is 2.65 bits per heavy atom. The normalized spacial score (nSPS) is 12.2. The lowest BCUT2D eigenvalue weighted by molar-refractivity contribution is -0.385. The molecular weight excluding hydrogens is 284 g/mol. The Balaban J connectivity index is 3.00. The Labute approximate surface area is 121 Å². The van der Waals surface area contributed by atoms with E-state index in [9.17, 15) is 14.9 Å². The summed E-state index contributed by atoms with van der Waals surface area (Å²) in [6, 6.07) is 3.65. The molecule has 0 heterocycles. The van der Waals surface area contributed by atoms with Gasteiger partial charge in [0.1, 0.15) is 5.56 Å². The van der Waals surface area contributed by atoms with Crippen molar-refractivity contribution in [2.24, 2.45) is 5.92 Å². The molecule has 1 aromatic rings. The van der Waals surface area contributed by atoms with Crippen LogP contribution < -0.4 is 5.32 Å². The van der Waals surface area contributed by atoms with E-state index in [-0.39, 0.29) is 34.8 Å². The molecule has 6 nitrogen and oxygen atoms in total. The Morgan fingerprint density at radius 1 is 1.50 bits per heavy atom. The first-order valence-corrected chi connectivity index (χ1v) is 6.60. The lowest BCUT2D eigenvalue weighted by Crippen LogP contribution is -2.39. The first kappa shape index (κ1) is 16.4. The number of benzene rings is 1. The molecular formula is C13H17ClN2O4. The van der Waals surface area contributed by atoms with Crippen LogP contribution in [0.3, 0.4) is 0 Å². The van der Waals surface area contributed by atoms with E-state index in [2.05, 4.69) is 5.32 Å². The minimum absolute atomic E-state index is 0.0389. The quantitative estimate of drug-likeness (QED) is 0.623. The smallest absolute Gasteiger partial charge is 0.283 e. The molecule has 1 aromatic carbocycles. The van der Waals surface area contributed by atoms with E-state index >= 15 is 0 Å². The molecule has 0 saturated carbocycles. The number of hydrogen-bond acceptors (Lipinski definition) is 4. The van der Waals surface area contributed by atoms with Crippen LogP contribution in [0, 0.1) is 16.0 Å². The number of aliphatic hydroxyl groups excluding tert-OH is 1. The third-order valence-electron chi connectivity index (χ3n) is 2.96. The van der Waals surface area contributed by atoms with E-state index < -0.39 is 10.8 Å². The highest BCUT2D eigenvalue weighted by Crippen LogP contribution is 2.23. The summed E-state index contributed by atoms with van der Waals surface area (Å²) in [5, 5.41) is 22.8.